The normalized spacial score (nSPS) is 9.30. The van der Waals surface area contributed by atoms with Crippen molar-refractivity contribution >= 4 is 29.6 Å². The van der Waals surface area contributed by atoms with Gasteiger partial charge in [0.25, 0.3) is 0 Å². The second-order valence-electron chi connectivity index (χ2n) is 5.07. The summed E-state index contributed by atoms with van der Waals surface area (Å²) >= 11 is 0. The summed E-state index contributed by atoms with van der Waals surface area (Å²) in [5.41, 5.74) is 7.01. The zero-order chi connectivity index (χ0) is 22.8. The Kier molecular flexibility index (Phi) is 8.35. The van der Waals surface area contributed by atoms with Gasteiger partial charge in [-0.3, -0.25) is 29.8 Å². The molecule has 14 heteroatoms. The van der Waals surface area contributed by atoms with Crippen LogP contribution in [0.3, 0.4) is 0 Å². The van der Waals surface area contributed by atoms with Gasteiger partial charge < -0.3 is 9.47 Å². The van der Waals surface area contributed by atoms with Crippen LogP contribution in [0.4, 0.5) is 21.5 Å². The fourth-order valence-corrected chi connectivity index (χ4v) is 2.07. The van der Waals surface area contributed by atoms with Crippen molar-refractivity contribution in [1.29, 1.82) is 0 Å². The average molecular weight is 421 g/mol. The smallest absolute Gasteiger partial charge is 0.311 e. The molecule has 0 amide bonds. The number of halogens is 1. The van der Waals surface area contributed by atoms with E-state index in [1.165, 1.54) is 14.2 Å². The maximum atomic E-state index is 12.9. The fourth-order valence-electron chi connectivity index (χ4n) is 2.07. The van der Waals surface area contributed by atoms with E-state index in [4.69, 9.17) is 10.3 Å². The lowest BCUT2D eigenvalue weighted by Gasteiger charge is -2.04. The van der Waals surface area contributed by atoms with E-state index in [2.05, 4.69) is 14.8 Å². The SMILES string of the molecule is COc1cc(F)c(C=O)cc1[N+](=O)[O-].COc1cc(N=[N+]=[N-])c(C=O)cc1[N+](=O)[O-]. The molecule has 0 heterocycles. The van der Waals surface area contributed by atoms with Crippen LogP contribution < -0.4 is 9.47 Å². The topological polar surface area (TPSA) is 188 Å². The van der Waals surface area contributed by atoms with Crippen molar-refractivity contribution in [2.45, 2.75) is 0 Å². The van der Waals surface area contributed by atoms with Crippen LogP contribution in [0.1, 0.15) is 20.7 Å². The molecule has 0 unspecified atom stereocenters. The number of aldehydes is 2. The lowest BCUT2D eigenvalue weighted by atomic mass is 10.1. The van der Waals surface area contributed by atoms with E-state index >= 15 is 0 Å². The number of azide groups is 1. The minimum atomic E-state index is -0.845. The molecule has 0 aliphatic carbocycles. The van der Waals surface area contributed by atoms with Gasteiger partial charge in [0.05, 0.1) is 35.3 Å². The summed E-state index contributed by atoms with van der Waals surface area (Å²) < 4.78 is 22.3. The molecule has 0 fully saturated rings. The zero-order valence-electron chi connectivity index (χ0n) is 15.3. The number of benzene rings is 2. The predicted molar refractivity (Wildman–Crippen MR) is 98.8 cm³/mol. The van der Waals surface area contributed by atoms with Gasteiger partial charge in [0.2, 0.25) is 0 Å². The Morgan fingerprint density at radius 2 is 1.43 bits per heavy atom. The third kappa shape index (κ3) is 5.46. The lowest BCUT2D eigenvalue weighted by molar-refractivity contribution is -0.385. The molecule has 0 aliphatic heterocycles. The van der Waals surface area contributed by atoms with Gasteiger partial charge in [-0.2, -0.15) is 0 Å². The molecule has 13 nitrogen and oxygen atoms in total. The van der Waals surface area contributed by atoms with Gasteiger partial charge in [-0.15, -0.1) is 0 Å². The van der Waals surface area contributed by atoms with Gasteiger partial charge in [-0.1, -0.05) is 5.11 Å². The van der Waals surface area contributed by atoms with E-state index < -0.39 is 21.4 Å². The van der Waals surface area contributed by atoms with Crippen molar-refractivity contribution in [1.82, 2.24) is 0 Å². The molecule has 30 heavy (non-hydrogen) atoms. The Labute approximate surface area is 166 Å². The molecule has 0 aromatic heterocycles. The van der Waals surface area contributed by atoms with Gasteiger partial charge in [-0.25, -0.2) is 4.39 Å². The molecule has 0 saturated heterocycles. The largest absolute Gasteiger partial charge is 0.490 e. The van der Waals surface area contributed by atoms with Gasteiger partial charge in [0.15, 0.2) is 24.1 Å². The molecule has 2 aromatic rings. The standard InChI is InChI=1S/C8H6FNO4.C8H6N4O4/c1-14-8-3-6(9)5(4-11)2-7(8)10(12)13;1-16-8-3-6(10-11-9)5(4-13)2-7(8)12(14)15/h2-4H,1H3;2-4H,1H3. The number of ether oxygens (including phenoxy) is 2. The fraction of sp³-hybridized carbons (Fsp3) is 0.125. The molecule has 0 spiro atoms. The van der Waals surface area contributed by atoms with E-state index in [9.17, 15) is 34.2 Å². The second kappa shape index (κ2) is 10.7. The predicted octanol–water partition coefficient (Wildman–Crippen LogP) is 3.91. The number of hydrogen-bond donors (Lipinski definition) is 0. The first-order valence-electron chi connectivity index (χ1n) is 7.57. The van der Waals surface area contributed by atoms with E-state index in [1.54, 1.807) is 0 Å². The summed E-state index contributed by atoms with van der Waals surface area (Å²) in [7, 11) is 2.42. The number of nitro benzene ring substituents is 2. The van der Waals surface area contributed by atoms with Gasteiger partial charge in [0, 0.05) is 28.7 Å². The molecule has 0 bridgehead atoms. The van der Waals surface area contributed by atoms with Crippen molar-refractivity contribution < 1.29 is 33.3 Å². The monoisotopic (exact) mass is 421 g/mol. The van der Waals surface area contributed by atoms with Gasteiger partial charge >= 0.3 is 11.4 Å². The molecule has 2 aromatic carbocycles. The Hall–Kier alpha value is -4.58. The highest BCUT2D eigenvalue weighted by Gasteiger charge is 2.19. The van der Waals surface area contributed by atoms with E-state index in [1.807, 2.05) is 0 Å². The van der Waals surface area contributed by atoms with E-state index in [0.717, 1.165) is 24.3 Å². The maximum Gasteiger partial charge on any atom is 0.311 e. The summed E-state index contributed by atoms with van der Waals surface area (Å²) in [6.45, 7) is 0. The Bertz CT molecular complexity index is 1050. The number of nitro groups is 2. The molecular formula is C16H12FN5O8. The van der Waals surface area contributed by atoms with Gasteiger partial charge in [-0.05, 0) is 11.6 Å². The Morgan fingerprint density at radius 1 is 0.967 bits per heavy atom. The number of rotatable bonds is 7. The number of hydrogen-bond acceptors (Lipinski definition) is 9. The number of carbonyl (C=O) groups is 2. The Balaban J connectivity index is 0.000000303. The van der Waals surface area contributed by atoms with Crippen LogP contribution in [0.2, 0.25) is 0 Å². The average Bonchev–Trinajstić information content (AvgIpc) is 2.73. The number of nitrogens with zero attached hydrogens (tertiary/aromatic N) is 5. The third-order valence-corrected chi connectivity index (χ3v) is 3.43. The number of methoxy groups -OCH3 is 2. The number of carbonyl (C=O) groups excluding carboxylic acids is 2. The summed E-state index contributed by atoms with van der Waals surface area (Å²) in [5.74, 6) is -1.13. The summed E-state index contributed by atoms with van der Waals surface area (Å²) in [6.07, 6.45) is 0.582. The maximum absolute atomic E-state index is 12.9. The van der Waals surface area contributed by atoms with Crippen molar-refractivity contribution in [2.75, 3.05) is 14.2 Å². The molecule has 2 rings (SSSR count). The van der Waals surface area contributed by atoms with Crippen LogP contribution in [0, 0.1) is 26.0 Å². The second-order valence-corrected chi connectivity index (χ2v) is 5.07. The molecule has 0 aliphatic rings. The third-order valence-electron chi connectivity index (χ3n) is 3.43. The summed E-state index contributed by atoms with van der Waals surface area (Å²) in [6, 6.07) is 3.78. The minimum absolute atomic E-state index is 0.0139. The van der Waals surface area contributed by atoms with Crippen LogP contribution >= 0.6 is 0 Å². The van der Waals surface area contributed by atoms with Crippen LogP contribution in [-0.2, 0) is 0 Å². The van der Waals surface area contributed by atoms with E-state index in [0.29, 0.717) is 6.29 Å². The van der Waals surface area contributed by atoms with Crippen LogP contribution in [0.15, 0.2) is 29.4 Å². The highest BCUT2D eigenvalue weighted by atomic mass is 19.1. The van der Waals surface area contributed by atoms with Crippen molar-refractivity contribution in [3.05, 3.63) is 71.9 Å². The minimum Gasteiger partial charge on any atom is -0.490 e. The molecule has 0 atom stereocenters. The first-order valence-corrected chi connectivity index (χ1v) is 7.57. The first kappa shape index (κ1) is 23.5. The summed E-state index contributed by atoms with van der Waals surface area (Å²) in [4.78, 5) is 43.1. The summed E-state index contributed by atoms with van der Waals surface area (Å²) in [5, 5.41) is 24.3. The zero-order valence-corrected chi connectivity index (χ0v) is 15.3. The highest BCUT2D eigenvalue weighted by molar-refractivity contribution is 5.85. The van der Waals surface area contributed by atoms with Crippen molar-refractivity contribution in [2.24, 2.45) is 5.11 Å². The van der Waals surface area contributed by atoms with Crippen molar-refractivity contribution in [3.8, 4) is 11.5 Å². The van der Waals surface area contributed by atoms with Crippen LogP contribution in [-0.4, -0.2) is 36.6 Å². The Morgan fingerprint density at radius 3 is 1.83 bits per heavy atom. The molecule has 0 N–H and O–H groups in total. The van der Waals surface area contributed by atoms with Crippen LogP contribution in [0.25, 0.3) is 10.4 Å². The molecular weight excluding hydrogens is 409 g/mol. The molecule has 0 saturated carbocycles. The van der Waals surface area contributed by atoms with Gasteiger partial charge in [0.1, 0.15) is 5.82 Å². The molecule has 156 valence electrons. The van der Waals surface area contributed by atoms with Crippen LogP contribution in [0.5, 0.6) is 11.5 Å². The molecule has 0 radical (unpaired) electrons. The first-order chi connectivity index (χ1) is 14.2. The van der Waals surface area contributed by atoms with Crippen molar-refractivity contribution in [3.63, 3.8) is 0 Å². The van der Waals surface area contributed by atoms with E-state index in [-0.39, 0.29) is 40.3 Å². The quantitative estimate of drug-likeness (QED) is 0.160. The lowest BCUT2D eigenvalue weighted by Crippen LogP contribution is -1.97. The highest BCUT2D eigenvalue weighted by Crippen LogP contribution is 2.34.